The van der Waals surface area contributed by atoms with E-state index in [2.05, 4.69) is 5.32 Å². The number of anilines is 1. The van der Waals surface area contributed by atoms with E-state index < -0.39 is 0 Å². The Hall–Kier alpha value is -2.66. The van der Waals surface area contributed by atoms with Crippen molar-refractivity contribution in [1.29, 1.82) is 0 Å². The Labute approximate surface area is 143 Å². The molecule has 0 fully saturated rings. The molecule has 5 nitrogen and oxygen atoms in total. The van der Waals surface area contributed by atoms with Crippen LogP contribution in [-0.4, -0.2) is 19.1 Å². The first-order chi connectivity index (χ1) is 11.6. The Morgan fingerprint density at radius 2 is 1.92 bits per heavy atom. The summed E-state index contributed by atoms with van der Waals surface area (Å²) in [6.45, 7) is 2.85. The fraction of sp³-hybridized carbons (Fsp3) is 0.167. The van der Waals surface area contributed by atoms with Gasteiger partial charge in [-0.25, -0.2) is 0 Å². The van der Waals surface area contributed by atoms with Crippen molar-refractivity contribution in [2.75, 3.05) is 18.5 Å². The molecular formula is C18H14ClNO4. The van der Waals surface area contributed by atoms with E-state index in [-0.39, 0.29) is 11.7 Å². The van der Waals surface area contributed by atoms with Gasteiger partial charge in [-0.05, 0) is 25.1 Å². The van der Waals surface area contributed by atoms with Crippen LogP contribution in [0.15, 0.2) is 40.8 Å². The Bertz CT molecular complexity index is 948. The summed E-state index contributed by atoms with van der Waals surface area (Å²) in [5, 5.41) is 4.13. The summed E-state index contributed by atoms with van der Waals surface area (Å²) < 4.78 is 16.7. The van der Waals surface area contributed by atoms with E-state index in [1.807, 2.05) is 19.1 Å². The summed E-state index contributed by atoms with van der Waals surface area (Å²) in [6.07, 6.45) is 0. The molecule has 1 amide bonds. The van der Waals surface area contributed by atoms with E-state index in [9.17, 15) is 4.79 Å². The molecule has 2 heterocycles. The van der Waals surface area contributed by atoms with Crippen molar-refractivity contribution in [3.05, 3.63) is 52.7 Å². The van der Waals surface area contributed by atoms with Gasteiger partial charge in [0.1, 0.15) is 13.2 Å². The molecule has 24 heavy (non-hydrogen) atoms. The Balaban J connectivity index is 1.65. The first kappa shape index (κ1) is 14.9. The molecule has 0 bridgehead atoms. The van der Waals surface area contributed by atoms with Crippen molar-refractivity contribution in [2.45, 2.75) is 6.92 Å². The molecule has 122 valence electrons. The number of nitrogens with one attached hydrogen (secondary N) is 1. The molecule has 0 aliphatic carbocycles. The van der Waals surface area contributed by atoms with Crippen molar-refractivity contribution in [3.8, 4) is 11.5 Å². The van der Waals surface area contributed by atoms with Gasteiger partial charge >= 0.3 is 0 Å². The lowest BCUT2D eigenvalue weighted by Crippen LogP contribution is -2.16. The maximum absolute atomic E-state index is 12.6. The molecule has 1 aliphatic rings. The highest BCUT2D eigenvalue weighted by Gasteiger charge is 2.20. The van der Waals surface area contributed by atoms with Gasteiger partial charge in [-0.2, -0.15) is 0 Å². The predicted molar refractivity (Wildman–Crippen MR) is 91.3 cm³/mol. The number of aryl methyl sites for hydroxylation is 1. The maximum Gasteiger partial charge on any atom is 0.291 e. The first-order valence-electron chi connectivity index (χ1n) is 7.52. The van der Waals surface area contributed by atoms with Gasteiger partial charge in [0.25, 0.3) is 5.91 Å². The summed E-state index contributed by atoms with van der Waals surface area (Å²) in [5.74, 6) is 1.19. The van der Waals surface area contributed by atoms with Gasteiger partial charge in [-0.3, -0.25) is 4.79 Å². The number of hydrogen-bond acceptors (Lipinski definition) is 4. The van der Waals surface area contributed by atoms with Crippen LogP contribution in [0.2, 0.25) is 5.02 Å². The molecule has 3 aromatic rings. The lowest BCUT2D eigenvalue weighted by Gasteiger charge is -2.18. The maximum atomic E-state index is 12.6. The zero-order chi connectivity index (χ0) is 16.7. The zero-order valence-corrected chi connectivity index (χ0v) is 13.6. The van der Waals surface area contributed by atoms with Crippen LogP contribution in [0.5, 0.6) is 11.5 Å². The van der Waals surface area contributed by atoms with Gasteiger partial charge in [-0.1, -0.05) is 23.7 Å². The smallest absolute Gasteiger partial charge is 0.291 e. The third-order valence-corrected chi connectivity index (χ3v) is 4.22. The number of halogens is 1. The minimum Gasteiger partial charge on any atom is -0.486 e. The standard InChI is InChI=1S/C18H14ClNO4/c1-10-12-3-2-4-13(19)17(12)24-16(10)18(21)20-11-5-6-14-15(9-11)23-8-7-22-14/h2-6,9H,7-8H2,1H3,(H,20,21). The average molecular weight is 344 g/mol. The van der Waals surface area contributed by atoms with Crippen molar-refractivity contribution in [1.82, 2.24) is 0 Å². The highest BCUT2D eigenvalue weighted by Crippen LogP contribution is 2.34. The third kappa shape index (κ3) is 2.47. The number of carbonyl (C=O) groups is 1. The summed E-state index contributed by atoms with van der Waals surface area (Å²) in [7, 11) is 0. The number of benzene rings is 2. The lowest BCUT2D eigenvalue weighted by atomic mass is 10.1. The highest BCUT2D eigenvalue weighted by molar-refractivity contribution is 6.35. The van der Waals surface area contributed by atoms with Gasteiger partial charge in [0, 0.05) is 22.7 Å². The molecule has 0 spiro atoms. The molecule has 6 heteroatoms. The summed E-state index contributed by atoms with van der Waals surface area (Å²) in [6, 6.07) is 10.7. The van der Waals surface area contributed by atoms with Gasteiger partial charge in [0.15, 0.2) is 22.8 Å². The van der Waals surface area contributed by atoms with Crippen molar-refractivity contribution >= 4 is 34.2 Å². The Morgan fingerprint density at radius 1 is 1.12 bits per heavy atom. The van der Waals surface area contributed by atoms with Crippen LogP contribution < -0.4 is 14.8 Å². The van der Waals surface area contributed by atoms with E-state index in [1.54, 1.807) is 24.3 Å². The number of para-hydroxylation sites is 1. The van der Waals surface area contributed by atoms with E-state index in [0.717, 1.165) is 10.9 Å². The van der Waals surface area contributed by atoms with E-state index in [4.69, 9.17) is 25.5 Å². The van der Waals surface area contributed by atoms with Crippen LogP contribution in [-0.2, 0) is 0 Å². The van der Waals surface area contributed by atoms with Gasteiger partial charge in [0.05, 0.1) is 5.02 Å². The fourth-order valence-electron chi connectivity index (χ4n) is 2.73. The van der Waals surface area contributed by atoms with Crippen LogP contribution in [0.4, 0.5) is 5.69 Å². The van der Waals surface area contributed by atoms with Crippen molar-refractivity contribution < 1.29 is 18.7 Å². The third-order valence-electron chi connectivity index (χ3n) is 3.92. The van der Waals surface area contributed by atoms with Gasteiger partial charge in [0.2, 0.25) is 0 Å². The summed E-state index contributed by atoms with van der Waals surface area (Å²) >= 11 is 6.13. The zero-order valence-electron chi connectivity index (χ0n) is 12.9. The number of rotatable bonds is 2. The fourth-order valence-corrected chi connectivity index (χ4v) is 2.95. The number of fused-ring (bicyclic) bond motifs is 2. The van der Waals surface area contributed by atoms with Crippen molar-refractivity contribution in [3.63, 3.8) is 0 Å². The number of amides is 1. The van der Waals surface area contributed by atoms with Crippen LogP contribution in [0.3, 0.4) is 0 Å². The van der Waals surface area contributed by atoms with Gasteiger partial charge in [-0.15, -0.1) is 0 Å². The normalized spacial score (nSPS) is 13.1. The Kier molecular flexibility index (Phi) is 3.58. The molecule has 1 aromatic heterocycles. The summed E-state index contributed by atoms with van der Waals surface area (Å²) in [5.41, 5.74) is 1.88. The first-order valence-corrected chi connectivity index (χ1v) is 7.90. The lowest BCUT2D eigenvalue weighted by molar-refractivity contribution is 0.0998. The molecular weight excluding hydrogens is 330 g/mol. The quantitative estimate of drug-likeness (QED) is 0.748. The van der Waals surface area contributed by atoms with Crippen LogP contribution in [0, 0.1) is 6.92 Å². The van der Waals surface area contributed by atoms with Crippen LogP contribution >= 0.6 is 11.6 Å². The second kappa shape index (κ2) is 5.76. The van der Waals surface area contributed by atoms with Crippen LogP contribution in [0.25, 0.3) is 11.0 Å². The monoisotopic (exact) mass is 343 g/mol. The van der Waals surface area contributed by atoms with Crippen molar-refractivity contribution in [2.24, 2.45) is 0 Å². The Morgan fingerprint density at radius 3 is 2.71 bits per heavy atom. The molecule has 2 aromatic carbocycles. The van der Waals surface area contributed by atoms with Crippen LogP contribution in [0.1, 0.15) is 16.1 Å². The predicted octanol–water partition coefficient (Wildman–Crippen LogP) is 4.42. The summed E-state index contributed by atoms with van der Waals surface area (Å²) in [4.78, 5) is 12.6. The molecule has 0 saturated heterocycles. The molecule has 4 rings (SSSR count). The molecule has 1 N–H and O–H groups in total. The SMILES string of the molecule is Cc1c(C(=O)Nc2ccc3c(c2)OCCO3)oc2c(Cl)cccc12. The number of carbonyl (C=O) groups excluding carboxylic acids is 1. The molecule has 0 unspecified atom stereocenters. The van der Waals surface area contributed by atoms with Gasteiger partial charge < -0.3 is 19.2 Å². The minimum absolute atomic E-state index is 0.244. The number of hydrogen-bond donors (Lipinski definition) is 1. The van der Waals surface area contributed by atoms with E-state index in [1.165, 1.54) is 0 Å². The molecule has 0 radical (unpaired) electrons. The largest absolute Gasteiger partial charge is 0.486 e. The minimum atomic E-state index is -0.337. The molecule has 0 atom stereocenters. The van der Waals surface area contributed by atoms with E-state index >= 15 is 0 Å². The second-order valence-corrected chi connectivity index (χ2v) is 5.89. The molecule has 0 saturated carbocycles. The average Bonchev–Trinajstić information content (AvgIpc) is 2.93. The number of furan rings is 1. The van der Waals surface area contributed by atoms with E-state index in [0.29, 0.717) is 41.0 Å². The molecule has 1 aliphatic heterocycles. The topological polar surface area (TPSA) is 60.7 Å². The highest BCUT2D eigenvalue weighted by atomic mass is 35.5. The second-order valence-electron chi connectivity index (χ2n) is 5.49. The number of ether oxygens (including phenoxy) is 2.